The zero-order chi connectivity index (χ0) is 8.55. The molecule has 0 bridgehead atoms. The Morgan fingerprint density at radius 3 is 2.92 bits per heavy atom. The van der Waals surface area contributed by atoms with Crippen molar-refractivity contribution in [2.24, 2.45) is 0 Å². The number of benzene rings is 1. The smallest absolute Gasteiger partial charge is 0.163 e. The second kappa shape index (κ2) is 2.78. The third-order valence-electron chi connectivity index (χ3n) is 2.41. The molecule has 2 rings (SSSR count). The topological polar surface area (TPSA) is 17.1 Å². The molecule has 0 amide bonds. The number of ketones is 1. The first kappa shape index (κ1) is 7.60. The van der Waals surface area contributed by atoms with Gasteiger partial charge in [-0.3, -0.25) is 4.79 Å². The van der Waals surface area contributed by atoms with Crippen LogP contribution in [0.3, 0.4) is 0 Å². The largest absolute Gasteiger partial charge is 0.294 e. The number of aryl methyl sites for hydroxylation is 1. The summed E-state index contributed by atoms with van der Waals surface area (Å²) in [7, 11) is 2.07. The molecule has 0 aromatic heterocycles. The summed E-state index contributed by atoms with van der Waals surface area (Å²) in [5, 5.41) is 0. The van der Waals surface area contributed by atoms with E-state index in [-0.39, 0.29) is 0 Å². The van der Waals surface area contributed by atoms with Crippen molar-refractivity contribution in [2.45, 2.75) is 19.3 Å². The molecule has 0 saturated heterocycles. The van der Waals surface area contributed by atoms with Crippen molar-refractivity contribution in [3.8, 4) is 0 Å². The Kier molecular flexibility index (Phi) is 1.76. The molecule has 1 nitrogen and oxygen atoms in total. The summed E-state index contributed by atoms with van der Waals surface area (Å²) in [6.45, 7) is 0. The molecular weight excluding hydrogens is 147 g/mol. The zero-order valence-electron chi connectivity index (χ0n) is 7.26. The van der Waals surface area contributed by atoms with E-state index in [4.69, 9.17) is 0 Å². The van der Waals surface area contributed by atoms with Gasteiger partial charge in [0.2, 0.25) is 0 Å². The minimum atomic E-state index is 0.316. The fourth-order valence-corrected chi connectivity index (χ4v) is 1.78. The van der Waals surface area contributed by atoms with E-state index in [0.717, 1.165) is 24.8 Å². The number of Topliss-reactive ketones (excluding diaryl/α,β-unsaturated/α-hetero) is 1. The van der Waals surface area contributed by atoms with Gasteiger partial charge in [-0.25, -0.2) is 0 Å². The molecule has 1 aliphatic rings. The Morgan fingerprint density at radius 1 is 1.25 bits per heavy atom. The van der Waals surface area contributed by atoms with Crippen LogP contribution in [0.5, 0.6) is 0 Å². The lowest BCUT2D eigenvalue weighted by atomic mass is 9.85. The number of rotatable bonds is 0. The summed E-state index contributed by atoms with van der Waals surface area (Å²) in [6, 6.07) is 6.11. The summed E-state index contributed by atoms with van der Waals surface area (Å²) in [6.07, 6.45) is 2.83. The number of hydrogen-bond donors (Lipinski definition) is 0. The average Bonchev–Trinajstić information content (AvgIpc) is 2.04. The molecule has 2 heteroatoms. The van der Waals surface area contributed by atoms with Crippen LogP contribution in [0.25, 0.3) is 0 Å². The zero-order valence-corrected chi connectivity index (χ0v) is 7.26. The number of carbonyl (C=O) groups excluding carboxylic acids is 1. The second-order valence-electron chi connectivity index (χ2n) is 3.44. The maximum absolute atomic E-state index is 11.4. The summed E-state index contributed by atoms with van der Waals surface area (Å²) in [4.78, 5) is 11.4. The third kappa shape index (κ3) is 1.18. The molecule has 1 aliphatic carbocycles. The first-order valence-electron chi connectivity index (χ1n) is 4.40. The monoisotopic (exact) mass is 158 g/mol. The minimum Gasteiger partial charge on any atom is -0.294 e. The summed E-state index contributed by atoms with van der Waals surface area (Å²) in [5.74, 6) is 0.316. The molecule has 0 aliphatic heterocycles. The van der Waals surface area contributed by atoms with Crippen LogP contribution < -0.4 is 5.46 Å². The number of fused-ring (bicyclic) bond motifs is 1. The summed E-state index contributed by atoms with van der Waals surface area (Å²) >= 11 is 0. The molecule has 0 spiro atoms. The maximum atomic E-state index is 11.4. The van der Waals surface area contributed by atoms with Gasteiger partial charge in [-0.15, -0.1) is 0 Å². The molecule has 12 heavy (non-hydrogen) atoms. The van der Waals surface area contributed by atoms with E-state index >= 15 is 0 Å². The number of carbonyl (C=O) groups is 1. The van der Waals surface area contributed by atoms with Gasteiger partial charge >= 0.3 is 0 Å². The van der Waals surface area contributed by atoms with Crippen LogP contribution >= 0.6 is 0 Å². The molecule has 0 saturated carbocycles. The van der Waals surface area contributed by atoms with E-state index in [9.17, 15) is 4.79 Å². The lowest BCUT2D eigenvalue weighted by Gasteiger charge is -2.14. The summed E-state index contributed by atoms with van der Waals surface area (Å²) in [5.41, 5.74) is 3.45. The highest BCUT2D eigenvalue weighted by molar-refractivity contribution is 6.32. The van der Waals surface area contributed by atoms with Gasteiger partial charge in [0.25, 0.3) is 0 Å². The lowest BCUT2D eigenvalue weighted by molar-refractivity contribution is 0.0972. The first-order valence-corrected chi connectivity index (χ1v) is 4.40. The van der Waals surface area contributed by atoms with Crippen LogP contribution in [0, 0.1) is 0 Å². The van der Waals surface area contributed by atoms with Gasteiger partial charge in [0.1, 0.15) is 7.85 Å². The van der Waals surface area contributed by atoms with Crippen LogP contribution in [0.4, 0.5) is 0 Å². The second-order valence-corrected chi connectivity index (χ2v) is 3.44. The maximum Gasteiger partial charge on any atom is 0.163 e. The third-order valence-corrected chi connectivity index (χ3v) is 2.41. The fourth-order valence-electron chi connectivity index (χ4n) is 1.78. The predicted molar refractivity (Wildman–Crippen MR) is 51.9 cm³/mol. The van der Waals surface area contributed by atoms with Crippen molar-refractivity contribution in [3.05, 3.63) is 29.3 Å². The van der Waals surface area contributed by atoms with Gasteiger partial charge in [-0.05, 0) is 18.4 Å². The molecule has 0 fully saturated rings. The molecule has 0 N–H and O–H groups in total. The van der Waals surface area contributed by atoms with Crippen LogP contribution in [0.15, 0.2) is 18.2 Å². The van der Waals surface area contributed by atoms with Crippen molar-refractivity contribution in [2.75, 3.05) is 0 Å². The quantitative estimate of drug-likeness (QED) is 0.501. The van der Waals surface area contributed by atoms with E-state index in [1.807, 2.05) is 12.1 Å². The molecule has 60 valence electrons. The van der Waals surface area contributed by atoms with Gasteiger partial charge in [0.15, 0.2) is 5.78 Å². The fraction of sp³-hybridized carbons (Fsp3) is 0.300. The van der Waals surface area contributed by atoms with Gasteiger partial charge in [0.05, 0.1) is 0 Å². The molecule has 0 unspecified atom stereocenters. The summed E-state index contributed by atoms with van der Waals surface area (Å²) < 4.78 is 0. The lowest BCUT2D eigenvalue weighted by Crippen LogP contribution is -2.14. The van der Waals surface area contributed by atoms with E-state index < -0.39 is 0 Å². The van der Waals surface area contributed by atoms with Crippen molar-refractivity contribution in [3.63, 3.8) is 0 Å². The first-order chi connectivity index (χ1) is 5.77. The Hall–Kier alpha value is -1.05. The highest BCUT2D eigenvalue weighted by atomic mass is 16.1. The molecule has 1 aromatic rings. The highest BCUT2D eigenvalue weighted by Crippen LogP contribution is 2.19. The van der Waals surface area contributed by atoms with E-state index in [1.54, 1.807) is 0 Å². The van der Waals surface area contributed by atoms with Gasteiger partial charge < -0.3 is 0 Å². The number of hydrogen-bond acceptors (Lipinski definition) is 1. The van der Waals surface area contributed by atoms with Crippen molar-refractivity contribution >= 4 is 19.1 Å². The van der Waals surface area contributed by atoms with Crippen LogP contribution in [0.1, 0.15) is 28.8 Å². The normalized spacial score (nSPS) is 15.8. The van der Waals surface area contributed by atoms with E-state index in [2.05, 4.69) is 13.9 Å². The SMILES string of the molecule is Bc1ccc2c(c1)CCCC2=O. The van der Waals surface area contributed by atoms with Gasteiger partial charge in [0, 0.05) is 12.0 Å². The Labute approximate surface area is 73.2 Å². The Morgan fingerprint density at radius 2 is 2.08 bits per heavy atom. The van der Waals surface area contributed by atoms with E-state index in [1.165, 1.54) is 11.0 Å². The van der Waals surface area contributed by atoms with Crippen LogP contribution in [-0.4, -0.2) is 13.6 Å². The van der Waals surface area contributed by atoms with Gasteiger partial charge in [-0.1, -0.05) is 23.7 Å². The molecule has 0 atom stereocenters. The van der Waals surface area contributed by atoms with E-state index in [0.29, 0.717) is 5.78 Å². The highest BCUT2D eigenvalue weighted by Gasteiger charge is 2.15. The van der Waals surface area contributed by atoms with Crippen molar-refractivity contribution < 1.29 is 4.79 Å². The molecule has 0 radical (unpaired) electrons. The molecule has 1 aromatic carbocycles. The Balaban J connectivity index is 2.53. The minimum absolute atomic E-state index is 0.316. The molecular formula is C10H11BO. The van der Waals surface area contributed by atoms with Crippen molar-refractivity contribution in [1.29, 1.82) is 0 Å². The van der Waals surface area contributed by atoms with Crippen LogP contribution in [-0.2, 0) is 6.42 Å². The van der Waals surface area contributed by atoms with Gasteiger partial charge in [-0.2, -0.15) is 0 Å². The van der Waals surface area contributed by atoms with Crippen molar-refractivity contribution in [1.82, 2.24) is 0 Å². The van der Waals surface area contributed by atoms with Crippen LogP contribution in [0.2, 0.25) is 0 Å². The molecule has 0 heterocycles. The standard InChI is InChI=1S/C10H11BO/c11-8-4-5-9-7(6-8)2-1-3-10(9)12/h4-6H,1-3,11H2. The predicted octanol–water partition coefficient (Wildman–Crippen LogP) is 0.464. The Bertz CT molecular complexity index is 331. The average molecular weight is 158 g/mol.